The molecule has 0 aliphatic rings. The lowest BCUT2D eigenvalue weighted by Crippen LogP contribution is -2.00. The fourth-order valence-corrected chi connectivity index (χ4v) is 10.8. The van der Waals surface area contributed by atoms with Crippen LogP contribution in [0.15, 0.2) is 212 Å². The molecule has 0 fully saturated rings. The molecule has 9 aromatic carbocycles. The second-order valence-electron chi connectivity index (χ2n) is 16.0. The van der Waals surface area contributed by atoms with Crippen LogP contribution < -0.4 is 0 Å². The van der Waals surface area contributed by atoms with Gasteiger partial charge in [0.2, 0.25) is 0 Å². The fourth-order valence-electron chi connectivity index (χ4n) is 9.53. The fraction of sp³-hybridized carbons (Fsp3) is 0. The predicted molar refractivity (Wildman–Crippen MR) is 263 cm³/mol. The van der Waals surface area contributed by atoms with Crippen LogP contribution >= 0.6 is 11.3 Å². The molecular formula is C57H35N5S. The molecule has 0 radical (unpaired) electrons. The minimum atomic E-state index is 0.638. The summed E-state index contributed by atoms with van der Waals surface area (Å²) in [5.74, 6) is 1.93. The van der Waals surface area contributed by atoms with Crippen LogP contribution in [0.1, 0.15) is 0 Å². The third-order valence-electron chi connectivity index (χ3n) is 12.4. The smallest absolute Gasteiger partial charge is 0.164 e. The Kier molecular flexibility index (Phi) is 8.01. The molecule has 0 N–H and O–H groups in total. The van der Waals surface area contributed by atoms with Crippen LogP contribution in [0, 0.1) is 0 Å². The van der Waals surface area contributed by atoms with E-state index < -0.39 is 0 Å². The minimum absolute atomic E-state index is 0.638. The van der Waals surface area contributed by atoms with E-state index in [9.17, 15) is 0 Å². The number of hydrogen-bond acceptors (Lipinski definition) is 4. The SMILES string of the molecule is c1ccc(-c2nc(-c3ccccc3)nc(-c3ccc4c(c3)c3c5sc6ccc(-n7c8ccccc8c8cccc(-c9ccccc9)c87)cc6c5ccc3n4-c3ccccc3)n2)cc1. The summed E-state index contributed by atoms with van der Waals surface area (Å²) in [6, 6.07) is 75.6. The number of benzene rings is 9. The molecule has 4 aromatic heterocycles. The molecule has 0 aliphatic heterocycles. The third kappa shape index (κ3) is 5.66. The Labute approximate surface area is 366 Å². The Morgan fingerprint density at radius 1 is 0.333 bits per heavy atom. The standard InChI is InChI=1S/C57H35N5S/c1-5-16-36(17-6-1)42-25-15-26-44-43-24-13-14-27-48(43)62(53(42)44)41-29-33-51-46(35-41)45-30-32-50-52(54(45)63-51)47-34-39(28-31-49(47)61(50)40-22-11-4-12-23-40)57-59-55(37-18-7-2-8-19-37)58-56(60-57)38-20-9-3-10-21-38/h1-35H. The minimum Gasteiger partial charge on any atom is -0.309 e. The van der Waals surface area contributed by atoms with Crippen molar-refractivity contribution in [2.45, 2.75) is 0 Å². The molecule has 13 rings (SSSR count). The summed E-state index contributed by atoms with van der Waals surface area (Å²) in [6.45, 7) is 0. The molecule has 0 amide bonds. The number of rotatable bonds is 6. The highest BCUT2D eigenvalue weighted by molar-refractivity contribution is 7.26. The Morgan fingerprint density at radius 3 is 1.63 bits per heavy atom. The van der Waals surface area contributed by atoms with Crippen molar-refractivity contribution in [3.63, 3.8) is 0 Å². The molecule has 0 spiro atoms. The van der Waals surface area contributed by atoms with Crippen molar-refractivity contribution in [1.82, 2.24) is 24.1 Å². The summed E-state index contributed by atoms with van der Waals surface area (Å²) in [5, 5.41) is 7.35. The van der Waals surface area contributed by atoms with Gasteiger partial charge in [-0.15, -0.1) is 11.3 Å². The monoisotopic (exact) mass is 821 g/mol. The highest BCUT2D eigenvalue weighted by Crippen LogP contribution is 2.46. The zero-order valence-corrected chi connectivity index (χ0v) is 34.7. The van der Waals surface area contributed by atoms with E-state index >= 15 is 0 Å². The largest absolute Gasteiger partial charge is 0.309 e. The maximum absolute atomic E-state index is 5.12. The molecule has 4 heterocycles. The molecule has 0 aliphatic carbocycles. The van der Waals surface area contributed by atoms with E-state index in [-0.39, 0.29) is 0 Å². The summed E-state index contributed by atoms with van der Waals surface area (Å²) in [4.78, 5) is 15.2. The van der Waals surface area contributed by atoms with E-state index in [2.05, 4.69) is 185 Å². The van der Waals surface area contributed by atoms with Gasteiger partial charge in [-0.05, 0) is 66.2 Å². The van der Waals surface area contributed by atoms with Crippen molar-refractivity contribution in [1.29, 1.82) is 0 Å². The Hall–Kier alpha value is -8.19. The molecule has 0 atom stereocenters. The third-order valence-corrected chi connectivity index (χ3v) is 13.6. The van der Waals surface area contributed by atoms with Gasteiger partial charge in [-0.3, -0.25) is 0 Å². The van der Waals surface area contributed by atoms with Crippen LogP contribution in [0.25, 0.3) is 120 Å². The van der Waals surface area contributed by atoms with Crippen LogP contribution in [-0.4, -0.2) is 24.1 Å². The molecular weight excluding hydrogens is 787 g/mol. The normalized spacial score (nSPS) is 11.8. The highest BCUT2D eigenvalue weighted by Gasteiger charge is 2.22. The molecule has 0 saturated carbocycles. The van der Waals surface area contributed by atoms with Gasteiger partial charge in [0.1, 0.15) is 0 Å². The predicted octanol–water partition coefficient (Wildman–Crippen LogP) is 15.1. The van der Waals surface area contributed by atoms with Crippen molar-refractivity contribution in [3.8, 4) is 56.7 Å². The second-order valence-corrected chi connectivity index (χ2v) is 17.0. The molecule has 0 unspecified atom stereocenters. The van der Waals surface area contributed by atoms with Gasteiger partial charge in [0.05, 0.1) is 22.1 Å². The van der Waals surface area contributed by atoms with Gasteiger partial charge < -0.3 is 9.13 Å². The van der Waals surface area contributed by atoms with Gasteiger partial charge in [0, 0.05) is 75.3 Å². The lowest BCUT2D eigenvalue weighted by Gasteiger charge is -2.12. The van der Waals surface area contributed by atoms with Crippen LogP contribution in [-0.2, 0) is 0 Å². The molecule has 5 nitrogen and oxygen atoms in total. The number of aromatic nitrogens is 5. The number of hydrogen-bond donors (Lipinski definition) is 0. The lowest BCUT2D eigenvalue weighted by molar-refractivity contribution is 1.07. The second kappa shape index (κ2) is 14.2. The van der Waals surface area contributed by atoms with Gasteiger partial charge in [-0.25, -0.2) is 15.0 Å². The maximum atomic E-state index is 5.12. The number of fused-ring (bicyclic) bond motifs is 10. The number of para-hydroxylation sites is 3. The first kappa shape index (κ1) is 35.6. The van der Waals surface area contributed by atoms with E-state index in [0.717, 1.165) is 44.5 Å². The van der Waals surface area contributed by atoms with Crippen molar-refractivity contribution >= 4 is 75.1 Å². The van der Waals surface area contributed by atoms with E-state index in [1.807, 2.05) is 47.7 Å². The topological polar surface area (TPSA) is 48.5 Å². The summed E-state index contributed by atoms with van der Waals surface area (Å²) in [5.41, 5.74) is 12.2. The van der Waals surface area contributed by atoms with Gasteiger partial charge >= 0.3 is 0 Å². The molecule has 13 aromatic rings. The zero-order valence-electron chi connectivity index (χ0n) is 33.9. The van der Waals surface area contributed by atoms with Gasteiger partial charge in [-0.1, -0.05) is 152 Å². The first-order valence-electron chi connectivity index (χ1n) is 21.2. The van der Waals surface area contributed by atoms with E-state index in [4.69, 9.17) is 15.0 Å². The van der Waals surface area contributed by atoms with Crippen LogP contribution in [0.5, 0.6) is 0 Å². The molecule has 0 saturated heterocycles. The number of nitrogens with zero attached hydrogens (tertiary/aromatic N) is 5. The van der Waals surface area contributed by atoms with Crippen LogP contribution in [0.3, 0.4) is 0 Å². The molecule has 0 bridgehead atoms. The molecule has 294 valence electrons. The number of thiophene rings is 1. The highest BCUT2D eigenvalue weighted by atomic mass is 32.1. The quantitative estimate of drug-likeness (QED) is 0.168. The maximum Gasteiger partial charge on any atom is 0.164 e. The van der Waals surface area contributed by atoms with Gasteiger partial charge in [-0.2, -0.15) is 0 Å². The Balaban J connectivity index is 1.06. The van der Waals surface area contributed by atoms with Gasteiger partial charge in [0.15, 0.2) is 17.5 Å². The average Bonchev–Trinajstić information content (AvgIpc) is 4.02. The van der Waals surface area contributed by atoms with Crippen molar-refractivity contribution in [2.24, 2.45) is 0 Å². The van der Waals surface area contributed by atoms with Crippen molar-refractivity contribution in [3.05, 3.63) is 212 Å². The summed E-state index contributed by atoms with van der Waals surface area (Å²) in [6.07, 6.45) is 0. The average molecular weight is 822 g/mol. The Morgan fingerprint density at radius 2 is 0.921 bits per heavy atom. The zero-order chi connectivity index (χ0) is 41.4. The Bertz CT molecular complexity index is 3830. The van der Waals surface area contributed by atoms with E-state index in [1.165, 1.54) is 58.5 Å². The lowest BCUT2D eigenvalue weighted by atomic mass is 10.0. The summed E-state index contributed by atoms with van der Waals surface area (Å²) < 4.78 is 7.36. The van der Waals surface area contributed by atoms with Gasteiger partial charge in [0.25, 0.3) is 0 Å². The first-order valence-corrected chi connectivity index (χ1v) is 22.0. The van der Waals surface area contributed by atoms with Crippen LogP contribution in [0.2, 0.25) is 0 Å². The first-order chi connectivity index (χ1) is 31.2. The van der Waals surface area contributed by atoms with E-state index in [1.54, 1.807) is 0 Å². The molecule has 63 heavy (non-hydrogen) atoms. The summed E-state index contributed by atoms with van der Waals surface area (Å²) in [7, 11) is 0. The molecule has 6 heteroatoms. The van der Waals surface area contributed by atoms with E-state index in [0.29, 0.717) is 17.5 Å². The van der Waals surface area contributed by atoms with Crippen LogP contribution in [0.4, 0.5) is 0 Å². The van der Waals surface area contributed by atoms with Crippen molar-refractivity contribution in [2.75, 3.05) is 0 Å². The van der Waals surface area contributed by atoms with Crippen molar-refractivity contribution < 1.29 is 0 Å². The summed E-state index contributed by atoms with van der Waals surface area (Å²) >= 11 is 1.87.